The molecule has 8 heteroatoms. The summed E-state index contributed by atoms with van der Waals surface area (Å²) in [5, 5.41) is 17.1. The predicted molar refractivity (Wildman–Crippen MR) is 117 cm³/mol. The predicted octanol–water partition coefficient (Wildman–Crippen LogP) is 4.62. The summed E-state index contributed by atoms with van der Waals surface area (Å²) in [7, 11) is 1.58. The molecule has 4 rings (SSSR count). The zero-order valence-corrected chi connectivity index (χ0v) is 17.8. The highest BCUT2D eigenvalue weighted by Gasteiger charge is 2.36. The molecule has 0 bridgehead atoms. The quantitative estimate of drug-likeness (QED) is 0.526. The first kappa shape index (κ1) is 21.2. The highest BCUT2D eigenvalue weighted by Crippen LogP contribution is 2.47. The molecule has 0 saturated heterocycles. The van der Waals surface area contributed by atoms with E-state index in [-0.39, 0.29) is 23.2 Å². The van der Waals surface area contributed by atoms with Gasteiger partial charge in [0.25, 0.3) is 0 Å². The summed E-state index contributed by atoms with van der Waals surface area (Å²) in [5.74, 6) is 0.539. The molecule has 1 aliphatic rings. The van der Waals surface area contributed by atoms with Gasteiger partial charge in [-0.1, -0.05) is 19.4 Å². The van der Waals surface area contributed by atoms with Crippen molar-refractivity contribution in [2.75, 3.05) is 13.7 Å². The number of hydrogen-bond donors (Lipinski definition) is 2. The molecule has 3 N–H and O–H groups in total. The van der Waals surface area contributed by atoms with E-state index in [9.17, 15) is 9.65 Å². The Balaban J connectivity index is 1.85. The molecule has 3 aromatic rings. The van der Waals surface area contributed by atoms with Crippen LogP contribution in [0, 0.1) is 17.1 Å². The van der Waals surface area contributed by atoms with Crippen LogP contribution in [-0.4, -0.2) is 23.9 Å². The molecule has 0 spiro atoms. The van der Waals surface area contributed by atoms with E-state index < -0.39 is 5.92 Å². The lowest BCUT2D eigenvalue weighted by Gasteiger charge is -2.25. The molecular weight excluding hydrogens is 411 g/mol. The molecule has 0 saturated carbocycles. The number of methoxy groups -OCH3 is 1. The van der Waals surface area contributed by atoms with Gasteiger partial charge >= 0.3 is 0 Å². The number of ether oxygens (including phenoxy) is 3. The fourth-order valence-corrected chi connectivity index (χ4v) is 3.73. The summed E-state index contributed by atoms with van der Waals surface area (Å²) in [6.07, 6.45) is 1.90. The van der Waals surface area contributed by atoms with Gasteiger partial charge in [0.05, 0.1) is 30.9 Å². The first-order valence-corrected chi connectivity index (χ1v) is 10.3. The Bertz CT molecular complexity index is 1190. The lowest BCUT2D eigenvalue weighted by atomic mass is 9.83. The van der Waals surface area contributed by atoms with Crippen LogP contribution in [0.5, 0.6) is 17.4 Å². The largest absolute Gasteiger partial charge is 0.493 e. The Morgan fingerprint density at radius 3 is 2.69 bits per heavy atom. The third kappa shape index (κ3) is 3.85. The van der Waals surface area contributed by atoms with Crippen LogP contribution in [-0.2, 0) is 0 Å². The summed E-state index contributed by atoms with van der Waals surface area (Å²) in [4.78, 5) is 0. The zero-order valence-electron chi connectivity index (χ0n) is 17.8. The van der Waals surface area contributed by atoms with Crippen molar-refractivity contribution in [1.82, 2.24) is 10.2 Å². The Hall–Kier alpha value is -3.99. The number of aromatic amines is 1. The molecule has 1 aliphatic heterocycles. The second-order valence-corrected chi connectivity index (χ2v) is 7.36. The number of nitrogens with zero attached hydrogens (tertiary/aromatic N) is 2. The molecule has 1 unspecified atom stereocenters. The number of benzene rings is 2. The maximum atomic E-state index is 13.5. The van der Waals surface area contributed by atoms with Crippen molar-refractivity contribution in [3.8, 4) is 34.7 Å². The SMILES string of the molecule is CCCCOc1cc(C2C(C#N)=C(N)Oc3n[nH]c(-c4ccc(F)cc4)c32)ccc1OC. The van der Waals surface area contributed by atoms with E-state index in [1.807, 2.05) is 12.1 Å². The average Bonchev–Trinajstić information content (AvgIpc) is 3.22. The van der Waals surface area contributed by atoms with Crippen LogP contribution < -0.4 is 19.9 Å². The molecule has 0 aliphatic carbocycles. The first-order chi connectivity index (χ1) is 15.6. The average molecular weight is 434 g/mol. The van der Waals surface area contributed by atoms with E-state index in [1.165, 1.54) is 12.1 Å². The third-order valence-electron chi connectivity index (χ3n) is 5.35. The second kappa shape index (κ2) is 9.02. The van der Waals surface area contributed by atoms with Crippen LogP contribution >= 0.6 is 0 Å². The lowest BCUT2D eigenvalue weighted by Crippen LogP contribution is -2.21. The van der Waals surface area contributed by atoms with Gasteiger partial charge in [0, 0.05) is 5.56 Å². The van der Waals surface area contributed by atoms with Crippen LogP contribution in [0.25, 0.3) is 11.3 Å². The summed E-state index contributed by atoms with van der Waals surface area (Å²) >= 11 is 0. The van der Waals surface area contributed by atoms with Gasteiger partial charge in [-0.15, -0.1) is 5.10 Å². The minimum Gasteiger partial charge on any atom is -0.493 e. The molecule has 2 aromatic carbocycles. The van der Waals surface area contributed by atoms with Crippen LogP contribution in [0.3, 0.4) is 0 Å². The Morgan fingerprint density at radius 2 is 2.00 bits per heavy atom. The number of H-pyrrole nitrogens is 1. The maximum absolute atomic E-state index is 13.5. The van der Waals surface area contributed by atoms with Crippen molar-refractivity contribution in [2.24, 2.45) is 5.73 Å². The Labute approximate surface area is 185 Å². The highest BCUT2D eigenvalue weighted by atomic mass is 19.1. The standard InChI is InChI=1S/C24H23FN4O3/c1-3-4-11-31-19-12-15(7-10-18(19)30-2)20-17(13-26)23(27)32-24-21(20)22(28-29-24)14-5-8-16(25)9-6-14/h5-10,12,20H,3-4,11,27H2,1-2H3,(H,28,29). The maximum Gasteiger partial charge on any atom is 0.244 e. The molecule has 32 heavy (non-hydrogen) atoms. The summed E-state index contributed by atoms with van der Waals surface area (Å²) in [5.41, 5.74) is 9.07. The molecule has 164 valence electrons. The van der Waals surface area contributed by atoms with Crippen molar-refractivity contribution in [3.05, 3.63) is 70.9 Å². The number of fused-ring (bicyclic) bond motifs is 1. The molecule has 0 fully saturated rings. The summed E-state index contributed by atoms with van der Waals surface area (Å²) < 4.78 is 30.5. The van der Waals surface area contributed by atoms with Gasteiger partial charge in [0.2, 0.25) is 11.8 Å². The van der Waals surface area contributed by atoms with Crippen molar-refractivity contribution in [3.63, 3.8) is 0 Å². The van der Waals surface area contributed by atoms with E-state index in [1.54, 1.807) is 25.3 Å². The number of allylic oxidation sites excluding steroid dienone is 1. The van der Waals surface area contributed by atoms with Gasteiger partial charge in [-0.2, -0.15) is 5.26 Å². The van der Waals surface area contributed by atoms with Gasteiger partial charge in [-0.25, -0.2) is 4.39 Å². The fourth-order valence-electron chi connectivity index (χ4n) is 3.73. The van der Waals surface area contributed by atoms with Gasteiger partial charge in [-0.05, 0) is 48.4 Å². The van der Waals surface area contributed by atoms with Gasteiger partial charge in [0.15, 0.2) is 11.5 Å². The number of rotatable bonds is 7. The fraction of sp³-hybridized carbons (Fsp3) is 0.250. The lowest BCUT2D eigenvalue weighted by molar-refractivity contribution is 0.288. The Kier molecular flexibility index (Phi) is 5.99. The topological polar surface area (TPSA) is 106 Å². The summed E-state index contributed by atoms with van der Waals surface area (Å²) in [6, 6.07) is 13.7. The summed E-state index contributed by atoms with van der Waals surface area (Å²) in [6.45, 7) is 2.63. The van der Waals surface area contributed by atoms with Crippen LogP contribution in [0.15, 0.2) is 53.9 Å². The first-order valence-electron chi connectivity index (χ1n) is 10.3. The molecule has 7 nitrogen and oxygen atoms in total. The molecule has 2 heterocycles. The molecule has 1 aromatic heterocycles. The van der Waals surface area contributed by atoms with Crippen molar-refractivity contribution < 1.29 is 18.6 Å². The second-order valence-electron chi connectivity index (χ2n) is 7.36. The molecule has 0 radical (unpaired) electrons. The molecule has 1 atom stereocenters. The zero-order chi connectivity index (χ0) is 22.7. The van der Waals surface area contributed by atoms with E-state index in [4.69, 9.17) is 19.9 Å². The van der Waals surface area contributed by atoms with Crippen molar-refractivity contribution in [2.45, 2.75) is 25.7 Å². The van der Waals surface area contributed by atoms with Crippen LogP contribution in [0.4, 0.5) is 4.39 Å². The minimum absolute atomic E-state index is 0.00794. The van der Waals surface area contributed by atoms with Crippen molar-refractivity contribution in [1.29, 1.82) is 5.26 Å². The van der Waals surface area contributed by atoms with Gasteiger partial charge in [-0.3, -0.25) is 5.10 Å². The smallest absolute Gasteiger partial charge is 0.244 e. The molecular formula is C24H23FN4O3. The third-order valence-corrected chi connectivity index (χ3v) is 5.35. The van der Waals surface area contributed by atoms with Gasteiger partial charge < -0.3 is 19.9 Å². The Morgan fingerprint density at radius 1 is 1.22 bits per heavy atom. The highest BCUT2D eigenvalue weighted by molar-refractivity contribution is 5.71. The van der Waals surface area contributed by atoms with E-state index in [0.29, 0.717) is 34.9 Å². The van der Waals surface area contributed by atoms with E-state index >= 15 is 0 Å². The number of nitriles is 1. The number of halogens is 1. The van der Waals surface area contributed by atoms with E-state index in [0.717, 1.165) is 18.4 Å². The van der Waals surface area contributed by atoms with Gasteiger partial charge in [0.1, 0.15) is 17.5 Å². The van der Waals surface area contributed by atoms with Crippen LogP contribution in [0.2, 0.25) is 0 Å². The van der Waals surface area contributed by atoms with Crippen molar-refractivity contribution >= 4 is 0 Å². The number of aromatic nitrogens is 2. The number of nitrogens with one attached hydrogen (secondary N) is 1. The monoisotopic (exact) mass is 434 g/mol. The normalized spacial score (nSPS) is 15.0. The number of unbranched alkanes of at least 4 members (excludes halogenated alkanes) is 1. The number of hydrogen-bond acceptors (Lipinski definition) is 6. The minimum atomic E-state index is -0.554. The van der Waals surface area contributed by atoms with Crippen LogP contribution in [0.1, 0.15) is 36.8 Å². The number of nitrogens with two attached hydrogens (primary N) is 1. The van der Waals surface area contributed by atoms with E-state index in [2.05, 4.69) is 23.2 Å². The molecule has 0 amide bonds.